The zero-order valence-electron chi connectivity index (χ0n) is 16.7. The molecule has 146 valence electrons. The minimum Gasteiger partial charge on any atom is -1.00 e. The molecular weight excluding hydrogens is 379 g/mol. The maximum Gasteiger partial charge on any atom is 1.00 e. The third-order valence-corrected chi connectivity index (χ3v) is 4.57. The summed E-state index contributed by atoms with van der Waals surface area (Å²) in [4.78, 5) is 34.0. The van der Waals surface area contributed by atoms with Gasteiger partial charge in [-0.2, -0.15) is 4.98 Å². The molecule has 0 aromatic heterocycles. The molecule has 0 radical (unpaired) electrons. The van der Waals surface area contributed by atoms with Crippen LogP contribution in [-0.4, -0.2) is 64.9 Å². The standard InChI is InChI=1S/C17H20N4O6.Na.H/c1-7-3-9-10(4-8(7)2)21(5-11(23)14(25)12(24)6-22)15-13(18-9)16(26)20-17(27)19-15;;/h3-4,11-12,14,22-25H,5-6H2,1-2H3,(H,20,26,27);;/q;+1;-1/t11-,12+,14-;;/m1../s1. The summed E-state index contributed by atoms with van der Waals surface area (Å²) in [6, 6.07) is 3.53. The van der Waals surface area contributed by atoms with Crippen LogP contribution in [0.15, 0.2) is 21.7 Å². The van der Waals surface area contributed by atoms with E-state index in [9.17, 15) is 24.9 Å². The van der Waals surface area contributed by atoms with E-state index in [1.807, 2.05) is 13.8 Å². The first kappa shape index (κ1) is 22.6. The molecule has 0 saturated heterocycles. The first-order valence-electron chi connectivity index (χ1n) is 8.29. The number of aromatic nitrogens is 4. The van der Waals surface area contributed by atoms with Gasteiger partial charge in [0.1, 0.15) is 18.3 Å². The van der Waals surface area contributed by atoms with Gasteiger partial charge in [-0.1, -0.05) is 0 Å². The molecule has 0 spiro atoms. The van der Waals surface area contributed by atoms with Gasteiger partial charge in [0.25, 0.3) is 5.56 Å². The van der Waals surface area contributed by atoms with E-state index in [0.717, 1.165) is 11.1 Å². The molecule has 0 saturated carbocycles. The van der Waals surface area contributed by atoms with E-state index in [1.54, 1.807) is 12.1 Å². The van der Waals surface area contributed by atoms with Crippen molar-refractivity contribution in [3.63, 3.8) is 0 Å². The zero-order chi connectivity index (χ0) is 19.9. The molecule has 3 atom stereocenters. The average molecular weight is 400 g/mol. The minimum atomic E-state index is -1.64. The van der Waals surface area contributed by atoms with Crippen LogP contribution in [0.25, 0.3) is 22.6 Å². The van der Waals surface area contributed by atoms with Crippen molar-refractivity contribution in [1.29, 1.82) is 0 Å². The topological polar surface area (TPSA) is 162 Å². The van der Waals surface area contributed by atoms with E-state index < -0.39 is 36.2 Å². The molecule has 10 nitrogen and oxygen atoms in total. The fourth-order valence-corrected chi connectivity index (χ4v) is 2.89. The Kier molecular flexibility index (Phi) is 7.10. The normalized spacial score (nSPS) is 14.6. The molecule has 0 amide bonds. The molecule has 0 unspecified atom stereocenters. The van der Waals surface area contributed by atoms with Gasteiger partial charge in [0.2, 0.25) is 0 Å². The molecule has 2 aliphatic heterocycles. The van der Waals surface area contributed by atoms with Crippen LogP contribution in [0.3, 0.4) is 0 Å². The molecule has 11 heteroatoms. The van der Waals surface area contributed by atoms with Gasteiger partial charge in [-0.25, -0.2) is 9.78 Å². The fourth-order valence-electron chi connectivity index (χ4n) is 2.89. The molecule has 1 aromatic carbocycles. The second-order valence-corrected chi connectivity index (χ2v) is 6.50. The molecule has 28 heavy (non-hydrogen) atoms. The summed E-state index contributed by atoms with van der Waals surface area (Å²) in [6.07, 6.45) is -4.68. The number of nitrogens with zero attached hydrogens (tertiary/aromatic N) is 3. The van der Waals surface area contributed by atoms with Crippen LogP contribution in [0.1, 0.15) is 12.6 Å². The minimum absolute atomic E-state index is 0. The van der Waals surface area contributed by atoms with Crippen molar-refractivity contribution in [1.82, 2.24) is 19.5 Å². The van der Waals surface area contributed by atoms with Gasteiger partial charge in [0, 0.05) is 0 Å². The van der Waals surface area contributed by atoms with E-state index in [0.29, 0.717) is 11.0 Å². The predicted molar refractivity (Wildman–Crippen MR) is 96.7 cm³/mol. The number of hydrogen-bond acceptors (Lipinski definition) is 8. The molecule has 2 aliphatic rings. The smallest absolute Gasteiger partial charge is 1.00 e. The number of aryl methyl sites for hydroxylation is 2. The van der Waals surface area contributed by atoms with E-state index in [4.69, 9.17) is 5.11 Å². The summed E-state index contributed by atoms with van der Waals surface area (Å²) in [5.74, 6) is -0.0516. The number of aliphatic hydroxyl groups is 4. The number of benzene rings is 1. The van der Waals surface area contributed by atoms with Gasteiger partial charge in [0.05, 0.1) is 24.2 Å². The van der Waals surface area contributed by atoms with E-state index in [2.05, 4.69) is 15.0 Å². The number of rotatable bonds is 5. The van der Waals surface area contributed by atoms with E-state index >= 15 is 0 Å². The zero-order valence-corrected chi connectivity index (χ0v) is 17.7. The third kappa shape index (κ3) is 4.18. The Bertz CT molecular complexity index is 1090. The maximum absolute atomic E-state index is 12.2. The molecule has 0 aliphatic carbocycles. The summed E-state index contributed by atoms with van der Waals surface area (Å²) < 4.78 is 1.40. The number of aliphatic hydroxyl groups excluding tert-OH is 4. The van der Waals surface area contributed by atoms with Crippen LogP contribution in [0.5, 0.6) is 0 Å². The van der Waals surface area contributed by atoms with Crippen molar-refractivity contribution in [3.8, 4) is 11.5 Å². The summed E-state index contributed by atoms with van der Waals surface area (Å²) in [6.45, 7) is 2.73. The summed E-state index contributed by atoms with van der Waals surface area (Å²) in [5, 5.41) is 38.8. The second-order valence-electron chi connectivity index (χ2n) is 6.50. The predicted octanol–water partition coefficient (Wildman–Crippen LogP) is -4.61. The SMILES string of the molecule is Cc1cc2nc3c(=O)[nH]c(=O)nc-3n(C[C@@H](O)[C@@H](O)[C@@H](O)CO)c2cc1C.[H-].[Na+]. The Labute approximate surface area is 182 Å². The number of fused-ring (bicyclic) bond motifs is 2. The molecule has 3 rings (SSSR count). The Balaban J connectivity index is 0.00000210. The molecule has 0 bridgehead atoms. The number of hydrogen-bond donors (Lipinski definition) is 5. The van der Waals surface area contributed by atoms with Crippen molar-refractivity contribution >= 4 is 11.0 Å². The summed E-state index contributed by atoms with van der Waals surface area (Å²) in [7, 11) is 0. The van der Waals surface area contributed by atoms with Crippen molar-refractivity contribution < 1.29 is 51.4 Å². The summed E-state index contributed by atoms with van der Waals surface area (Å²) in [5.41, 5.74) is 1.11. The number of H-pyrrole nitrogens is 1. The Hall–Kier alpha value is -1.66. The molecular formula is C17H21N4NaO6. The fraction of sp³-hybridized carbons (Fsp3) is 0.412. The number of nitrogens with one attached hydrogen (secondary N) is 1. The first-order valence-corrected chi connectivity index (χ1v) is 8.29. The van der Waals surface area contributed by atoms with Crippen molar-refractivity contribution in [2.45, 2.75) is 38.7 Å². The van der Waals surface area contributed by atoms with E-state index in [-0.39, 0.29) is 49.0 Å². The molecule has 1 aromatic rings. The Morgan fingerprint density at radius 1 is 1.11 bits per heavy atom. The van der Waals surface area contributed by atoms with Crippen LogP contribution >= 0.6 is 0 Å². The van der Waals surface area contributed by atoms with Crippen molar-refractivity contribution in [3.05, 3.63) is 44.1 Å². The van der Waals surface area contributed by atoms with Crippen LogP contribution in [0.4, 0.5) is 0 Å². The van der Waals surface area contributed by atoms with Gasteiger partial charge in [-0.15, -0.1) is 0 Å². The molecule has 5 N–H and O–H groups in total. The third-order valence-electron chi connectivity index (χ3n) is 4.57. The second kappa shape index (κ2) is 8.78. The molecule has 2 heterocycles. The first-order chi connectivity index (χ1) is 12.7. The van der Waals surface area contributed by atoms with E-state index in [1.165, 1.54) is 4.57 Å². The van der Waals surface area contributed by atoms with Gasteiger partial charge >= 0.3 is 35.2 Å². The van der Waals surface area contributed by atoms with Crippen LogP contribution in [0.2, 0.25) is 0 Å². The van der Waals surface area contributed by atoms with Crippen LogP contribution in [-0.2, 0) is 6.54 Å². The van der Waals surface area contributed by atoms with Crippen LogP contribution < -0.4 is 40.8 Å². The van der Waals surface area contributed by atoms with Crippen molar-refractivity contribution in [2.24, 2.45) is 0 Å². The molecule has 0 fully saturated rings. The monoisotopic (exact) mass is 400 g/mol. The van der Waals surface area contributed by atoms with Gasteiger partial charge in [0.15, 0.2) is 11.5 Å². The largest absolute Gasteiger partial charge is 1.00 e. The van der Waals surface area contributed by atoms with Crippen LogP contribution in [0, 0.1) is 13.8 Å². The van der Waals surface area contributed by atoms with Gasteiger partial charge in [-0.3, -0.25) is 9.78 Å². The maximum atomic E-state index is 12.2. The Morgan fingerprint density at radius 2 is 1.75 bits per heavy atom. The quantitative estimate of drug-likeness (QED) is 0.211. The van der Waals surface area contributed by atoms with Gasteiger partial charge in [-0.05, 0) is 37.1 Å². The summed E-state index contributed by atoms with van der Waals surface area (Å²) >= 11 is 0. The van der Waals surface area contributed by atoms with Crippen molar-refractivity contribution in [2.75, 3.05) is 6.61 Å². The Morgan fingerprint density at radius 3 is 2.39 bits per heavy atom. The number of aromatic amines is 1. The average Bonchev–Trinajstić information content (AvgIpc) is 2.62. The van der Waals surface area contributed by atoms with Gasteiger partial charge < -0.3 is 26.4 Å².